The lowest BCUT2D eigenvalue weighted by Gasteiger charge is -2.54. The van der Waals surface area contributed by atoms with Crippen LogP contribution < -0.4 is 30.5 Å². The van der Waals surface area contributed by atoms with Gasteiger partial charge >= 0.3 is 6.18 Å². The summed E-state index contributed by atoms with van der Waals surface area (Å²) in [4.78, 5) is 54.7. The van der Waals surface area contributed by atoms with E-state index in [0.29, 0.717) is 35.9 Å². The molecule has 7 heterocycles. The minimum atomic E-state index is -4.34. The van der Waals surface area contributed by atoms with Crippen molar-refractivity contribution in [3.8, 4) is 5.88 Å². The maximum Gasteiger partial charge on any atom is 0.401 e. The lowest BCUT2D eigenvalue weighted by atomic mass is 9.57. The number of carbonyl (C=O) groups excluding carboxylic acids is 3. The van der Waals surface area contributed by atoms with Crippen molar-refractivity contribution in [2.24, 2.45) is 11.3 Å². The fourth-order valence-electron chi connectivity index (χ4n) is 11.0. The number of aromatic nitrogens is 2. The summed E-state index contributed by atoms with van der Waals surface area (Å²) in [5.41, 5.74) is 6.73. The lowest BCUT2D eigenvalue weighted by Crippen LogP contribution is -2.59. The predicted octanol–water partition coefficient (Wildman–Crippen LogP) is 5.91. The van der Waals surface area contributed by atoms with E-state index in [0.717, 1.165) is 85.9 Å². The van der Waals surface area contributed by atoms with E-state index in [9.17, 15) is 27.6 Å². The number of amides is 3. The van der Waals surface area contributed by atoms with Gasteiger partial charge in [0.25, 0.3) is 5.91 Å². The van der Waals surface area contributed by atoms with Gasteiger partial charge in [-0.2, -0.15) is 13.2 Å². The molecule has 3 saturated heterocycles. The van der Waals surface area contributed by atoms with E-state index in [1.165, 1.54) is 12.8 Å². The molecule has 5 aliphatic heterocycles. The number of fused-ring (bicyclic) bond motifs is 4. The molecule has 1 aromatic carbocycles. The second-order valence-electron chi connectivity index (χ2n) is 17.9. The molecule has 1 aliphatic carbocycles. The van der Waals surface area contributed by atoms with Crippen molar-refractivity contribution in [3.63, 3.8) is 0 Å². The number of hydrogen-bond acceptors (Lipinski definition) is 11. The predicted molar refractivity (Wildman–Crippen MR) is 232 cm³/mol. The zero-order valence-electron chi connectivity index (χ0n) is 34.8. The molecule has 0 bridgehead atoms. The molecule has 3 N–H and O–H groups in total. The van der Waals surface area contributed by atoms with Gasteiger partial charge in [0.05, 0.1) is 36.2 Å². The van der Waals surface area contributed by atoms with Crippen molar-refractivity contribution in [2.45, 2.75) is 82.2 Å². The molecule has 61 heavy (non-hydrogen) atoms. The quantitative estimate of drug-likeness (QED) is 0.222. The molecule has 3 aromatic rings. The Morgan fingerprint density at radius 2 is 1.90 bits per heavy atom. The van der Waals surface area contributed by atoms with Crippen molar-refractivity contribution < 1.29 is 36.6 Å². The molecule has 0 unspecified atom stereocenters. The molecule has 330 valence electrons. The molecular weight excluding hydrogens is 788 g/mol. The van der Waals surface area contributed by atoms with Gasteiger partial charge in [0.2, 0.25) is 17.7 Å². The van der Waals surface area contributed by atoms with E-state index in [4.69, 9.17) is 9.72 Å². The van der Waals surface area contributed by atoms with Crippen LogP contribution >= 0.6 is 0 Å². The highest BCUT2D eigenvalue weighted by atomic mass is 19.4. The zero-order valence-corrected chi connectivity index (χ0v) is 34.8. The van der Waals surface area contributed by atoms with Crippen molar-refractivity contribution in [2.75, 3.05) is 74.6 Å². The second-order valence-corrected chi connectivity index (χ2v) is 17.9. The van der Waals surface area contributed by atoms with E-state index >= 15 is 0 Å². The maximum absolute atomic E-state index is 14.0. The number of hydrogen-bond donors (Lipinski definition) is 3. The van der Waals surface area contributed by atoms with E-state index in [1.807, 2.05) is 50.5 Å². The first kappa shape index (κ1) is 41.1. The third kappa shape index (κ3) is 8.16. The standard InChI is InChI=1S/C45H54F3N9O4.3H2/c1-4-31-33-19-27(2)57(26-45(46,47)48)40(32(33)6-8-34(31)49-3)35-7-5-29(22-50-35)55-15-13-44(14-16-55)20-28(21-44)23-54-17-18-56-30(24-54)25-61-43-38(56)11-9-37(52-43)41(59)51-36-10-12-39(58)53-42(36)60;;;/h4-9,11,22,27-28,30,36,40,49H,1,10,12-21,23-26H2,2-3H3,(H,51,59)(H,53,58,60);3*1H/t27-,30-,36+,40+;;;/m1.../s1. The number of anilines is 3. The molecule has 1 saturated carbocycles. The van der Waals surface area contributed by atoms with Gasteiger partial charge in [0, 0.05) is 74.3 Å². The minimum absolute atomic E-state index is 0. The highest BCUT2D eigenvalue weighted by molar-refractivity contribution is 6.03. The second kappa shape index (κ2) is 16.2. The van der Waals surface area contributed by atoms with E-state index < -0.39 is 36.6 Å². The summed E-state index contributed by atoms with van der Waals surface area (Å²) in [6, 6.07) is 9.80. The van der Waals surface area contributed by atoms with Crippen LogP contribution in [0.3, 0.4) is 0 Å². The third-order valence-electron chi connectivity index (χ3n) is 14.0. The van der Waals surface area contributed by atoms with Crippen LogP contribution in [0.25, 0.3) is 6.08 Å². The zero-order chi connectivity index (χ0) is 42.6. The Morgan fingerprint density at radius 3 is 2.61 bits per heavy atom. The number of rotatable bonds is 9. The van der Waals surface area contributed by atoms with Crippen LogP contribution in [-0.2, 0) is 16.0 Å². The fraction of sp³-hybridized carbons (Fsp3) is 0.533. The van der Waals surface area contributed by atoms with Crippen molar-refractivity contribution in [3.05, 3.63) is 77.3 Å². The number of piperazine rings is 1. The summed E-state index contributed by atoms with van der Waals surface area (Å²) in [7, 11) is 1.84. The average molecular weight is 848 g/mol. The Balaban J connectivity index is 0.00000227. The first-order chi connectivity index (χ1) is 29.3. The molecule has 4 atom stereocenters. The fourth-order valence-corrected chi connectivity index (χ4v) is 11.0. The molecule has 3 amide bonds. The van der Waals surface area contributed by atoms with Crippen LogP contribution in [0.4, 0.5) is 30.2 Å². The van der Waals surface area contributed by atoms with Crippen LogP contribution in [0, 0.1) is 11.3 Å². The van der Waals surface area contributed by atoms with Gasteiger partial charge < -0.3 is 25.2 Å². The normalized spacial score (nSPS) is 25.4. The van der Waals surface area contributed by atoms with E-state index in [2.05, 4.69) is 42.2 Å². The number of nitrogens with zero attached hydrogens (tertiary/aromatic N) is 6. The number of imide groups is 1. The summed E-state index contributed by atoms with van der Waals surface area (Å²) < 4.78 is 48.0. The first-order valence-electron chi connectivity index (χ1n) is 21.6. The largest absolute Gasteiger partial charge is 0.474 e. The van der Waals surface area contributed by atoms with Crippen LogP contribution in [0.15, 0.2) is 49.2 Å². The Bertz CT molecular complexity index is 2200. The smallest absolute Gasteiger partial charge is 0.401 e. The number of halogens is 3. The van der Waals surface area contributed by atoms with Crippen molar-refractivity contribution in [1.29, 1.82) is 0 Å². The van der Waals surface area contributed by atoms with Gasteiger partial charge in [-0.1, -0.05) is 18.7 Å². The average Bonchev–Trinajstić information content (AvgIpc) is 3.23. The Kier molecular flexibility index (Phi) is 11.0. The molecule has 1 spiro atoms. The molecular formula is C45H60F3N9O4. The SMILES string of the molecule is C=Cc1c(NC)ccc2c1C[C@@H](C)N(CC(F)(F)F)[C@@H]2c1ccc(N2CCC3(CC2)CC(CN2CCN4c5ccc(C(=O)N[C@H]6CCC(=O)NC6=O)nc5OC[C@H]4C2)C3)cn1.[HH].[HH].[HH]. The summed E-state index contributed by atoms with van der Waals surface area (Å²) in [5, 5.41) is 8.14. The van der Waals surface area contributed by atoms with Crippen molar-refractivity contribution >= 4 is 40.9 Å². The Morgan fingerprint density at radius 1 is 1.10 bits per heavy atom. The molecule has 6 aliphatic rings. The van der Waals surface area contributed by atoms with Crippen LogP contribution in [0.2, 0.25) is 0 Å². The molecule has 9 rings (SSSR count). The van der Waals surface area contributed by atoms with Crippen molar-refractivity contribution in [1.82, 2.24) is 30.4 Å². The summed E-state index contributed by atoms with van der Waals surface area (Å²) in [6.45, 7) is 10.9. The van der Waals surface area contributed by atoms with Gasteiger partial charge in [0.15, 0.2) is 0 Å². The molecule has 2 aromatic heterocycles. The minimum Gasteiger partial charge on any atom is -0.474 e. The number of carbonyl (C=O) groups is 3. The van der Waals surface area contributed by atoms with E-state index in [-0.39, 0.29) is 40.8 Å². The van der Waals surface area contributed by atoms with Gasteiger partial charge in [-0.3, -0.25) is 34.5 Å². The van der Waals surface area contributed by atoms with Crippen LogP contribution in [-0.4, -0.2) is 121 Å². The van der Waals surface area contributed by atoms with Gasteiger partial charge in [-0.05, 0) is 98.2 Å². The molecule has 13 nitrogen and oxygen atoms in total. The number of benzene rings is 1. The lowest BCUT2D eigenvalue weighted by molar-refractivity contribution is -0.155. The summed E-state index contributed by atoms with van der Waals surface area (Å²) >= 11 is 0. The van der Waals surface area contributed by atoms with Gasteiger partial charge in [0.1, 0.15) is 24.0 Å². The number of ether oxygens (including phenoxy) is 1. The molecule has 4 fully saturated rings. The van der Waals surface area contributed by atoms with Gasteiger partial charge in [-0.25, -0.2) is 4.98 Å². The highest BCUT2D eigenvalue weighted by Gasteiger charge is 2.47. The topological polar surface area (TPSA) is 135 Å². The molecule has 0 radical (unpaired) electrons. The summed E-state index contributed by atoms with van der Waals surface area (Å²) in [6.07, 6.45) is 4.87. The van der Waals surface area contributed by atoms with E-state index in [1.54, 1.807) is 17.0 Å². The number of pyridine rings is 2. The Hall–Kier alpha value is -5.22. The monoisotopic (exact) mass is 847 g/mol. The van der Waals surface area contributed by atoms with Gasteiger partial charge in [-0.15, -0.1) is 0 Å². The van der Waals surface area contributed by atoms with Crippen LogP contribution in [0.1, 0.15) is 88.6 Å². The third-order valence-corrected chi connectivity index (χ3v) is 14.0. The number of piperidine rings is 2. The molecule has 16 heteroatoms. The number of alkyl halides is 3. The first-order valence-corrected chi connectivity index (χ1v) is 21.6. The highest BCUT2D eigenvalue weighted by Crippen LogP contribution is 2.53. The summed E-state index contributed by atoms with van der Waals surface area (Å²) in [5.74, 6) is -0.256. The Labute approximate surface area is 358 Å². The number of nitrogens with one attached hydrogen (secondary N) is 3. The maximum atomic E-state index is 14.0. The van der Waals surface area contributed by atoms with Crippen LogP contribution in [0.5, 0.6) is 5.88 Å².